The van der Waals surface area contributed by atoms with E-state index in [-0.39, 0.29) is 17.4 Å². The number of carbonyl (C=O) groups excluding carboxylic acids is 2. The first-order valence-electron chi connectivity index (χ1n) is 11.0. The number of Topliss-reactive ketones (excluding diaryl/α,β-unsaturated/α-hetero) is 1. The van der Waals surface area contributed by atoms with E-state index >= 15 is 0 Å². The van der Waals surface area contributed by atoms with Crippen molar-refractivity contribution in [3.05, 3.63) is 64.7 Å². The van der Waals surface area contributed by atoms with Crippen LogP contribution in [0, 0.1) is 6.92 Å². The van der Waals surface area contributed by atoms with Gasteiger partial charge in [-0.25, -0.2) is 0 Å². The van der Waals surface area contributed by atoms with Crippen LogP contribution in [0.3, 0.4) is 0 Å². The number of amides is 1. The predicted octanol–water partition coefficient (Wildman–Crippen LogP) is 4.25. The summed E-state index contributed by atoms with van der Waals surface area (Å²) in [6.45, 7) is 6.52. The van der Waals surface area contributed by atoms with Gasteiger partial charge in [0.1, 0.15) is 17.3 Å². The molecule has 33 heavy (non-hydrogen) atoms. The van der Waals surface area contributed by atoms with Crippen LogP contribution in [0.15, 0.2) is 48.0 Å². The van der Waals surface area contributed by atoms with Crippen LogP contribution in [0.5, 0.6) is 11.5 Å². The summed E-state index contributed by atoms with van der Waals surface area (Å²) < 4.78 is 16.3. The number of aliphatic hydroxyl groups excluding tert-OH is 1. The summed E-state index contributed by atoms with van der Waals surface area (Å²) in [4.78, 5) is 27.6. The van der Waals surface area contributed by atoms with Gasteiger partial charge in [-0.05, 0) is 57.0 Å². The van der Waals surface area contributed by atoms with E-state index in [1.807, 2.05) is 39.0 Å². The van der Waals surface area contributed by atoms with Gasteiger partial charge in [0.25, 0.3) is 11.7 Å². The Labute approximate surface area is 194 Å². The maximum Gasteiger partial charge on any atom is 0.295 e. The molecule has 1 amide bonds. The van der Waals surface area contributed by atoms with E-state index in [4.69, 9.17) is 14.2 Å². The standard InChI is InChI=1S/C26H31NO6/c1-16(2)33-19-10-8-18(9-11-19)23-22(25(29)26(30)27(23)13-6-14-31-4)24(28)20-15-17(3)7-12-21(20)32-5/h7-12,15-16,23,28H,6,13-14H2,1-5H3/b24-22+. The first kappa shape index (κ1) is 24.3. The third kappa shape index (κ3) is 5.20. The lowest BCUT2D eigenvalue weighted by molar-refractivity contribution is -0.140. The fourth-order valence-electron chi connectivity index (χ4n) is 3.99. The van der Waals surface area contributed by atoms with Gasteiger partial charge in [0, 0.05) is 20.3 Å². The Balaban J connectivity index is 2.14. The number of aryl methyl sites for hydroxylation is 1. The maximum absolute atomic E-state index is 13.1. The number of ketones is 1. The van der Waals surface area contributed by atoms with Gasteiger partial charge in [0.2, 0.25) is 0 Å². The first-order valence-corrected chi connectivity index (χ1v) is 11.0. The Bertz CT molecular complexity index is 1040. The number of rotatable bonds is 9. The quantitative estimate of drug-likeness (QED) is 0.264. The molecule has 1 aliphatic rings. The highest BCUT2D eigenvalue weighted by Gasteiger charge is 2.46. The molecule has 0 bridgehead atoms. The summed E-state index contributed by atoms with van der Waals surface area (Å²) >= 11 is 0. The van der Waals surface area contributed by atoms with Crippen LogP contribution in [0.25, 0.3) is 5.76 Å². The second kappa shape index (κ2) is 10.5. The van der Waals surface area contributed by atoms with Crippen molar-refractivity contribution in [3.8, 4) is 11.5 Å². The topological polar surface area (TPSA) is 85.3 Å². The molecule has 176 valence electrons. The minimum absolute atomic E-state index is 0.0179. The lowest BCUT2D eigenvalue weighted by Gasteiger charge is -2.25. The van der Waals surface area contributed by atoms with E-state index < -0.39 is 17.7 Å². The van der Waals surface area contributed by atoms with Gasteiger partial charge in [0.15, 0.2) is 0 Å². The van der Waals surface area contributed by atoms with Crippen molar-refractivity contribution in [2.45, 2.75) is 39.3 Å². The number of likely N-dealkylation sites (tertiary alicyclic amines) is 1. The SMILES string of the molecule is COCCCN1C(=O)C(=O)/C(=C(/O)c2cc(C)ccc2OC)C1c1ccc(OC(C)C)cc1. The summed E-state index contributed by atoms with van der Waals surface area (Å²) in [5.74, 6) is -0.517. The van der Waals surface area contributed by atoms with Gasteiger partial charge in [-0.2, -0.15) is 0 Å². The van der Waals surface area contributed by atoms with E-state index in [0.717, 1.165) is 5.56 Å². The lowest BCUT2D eigenvalue weighted by atomic mass is 9.94. The van der Waals surface area contributed by atoms with Gasteiger partial charge in [-0.3, -0.25) is 9.59 Å². The molecule has 7 nitrogen and oxygen atoms in total. The van der Waals surface area contributed by atoms with Crippen molar-refractivity contribution >= 4 is 17.4 Å². The molecule has 1 aliphatic heterocycles. The van der Waals surface area contributed by atoms with E-state index in [1.54, 1.807) is 31.4 Å². The molecule has 2 aromatic rings. The molecule has 1 atom stereocenters. The minimum Gasteiger partial charge on any atom is -0.507 e. The highest BCUT2D eigenvalue weighted by atomic mass is 16.5. The van der Waals surface area contributed by atoms with E-state index in [1.165, 1.54) is 12.0 Å². The molecule has 1 fully saturated rings. The monoisotopic (exact) mass is 453 g/mol. The number of methoxy groups -OCH3 is 2. The fourth-order valence-corrected chi connectivity index (χ4v) is 3.99. The molecule has 1 N–H and O–H groups in total. The highest BCUT2D eigenvalue weighted by molar-refractivity contribution is 6.46. The normalized spacial score (nSPS) is 17.6. The Hall–Kier alpha value is -3.32. The average Bonchev–Trinajstić information content (AvgIpc) is 3.04. The number of hydrogen-bond acceptors (Lipinski definition) is 6. The van der Waals surface area contributed by atoms with Gasteiger partial charge >= 0.3 is 0 Å². The first-order chi connectivity index (χ1) is 15.8. The number of benzene rings is 2. The Morgan fingerprint density at radius 2 is 1.79 bits per heavy atom. The predicted molar refractivity (Wildman–Crippen MR) is 125 cm³/mol. The Morgan fingerprint density at radius 1 is 1.09 bits per heavy atom. The molecule has 3 rings (SSSR count). The molecular formula is C26H31NO6. The zero-order chi connectivity index (χ0) is 24.1. The summed E-state index contributed by atoms with van der Waals surface area (Å²) in [5.41, 5.74) is 2.00. The lowest BCUT2D eigenvalue weighted by Crippen LogP contribution is -2.31. The summed E-state index contributed by atoms with van der Waals surface area (Å²) in [6, 6.07) is 11.8. The Kier molecular flexibility index (Phi) is 7.76. The van der Waals surface area contributed by atoms with Gasteiger partial charge in [0.05, 0.1) is 30.4 Å². The number of nitrogens with zero attached hydrogens (tertiary/aromatic N) is 1. The minimum atomic E-state index is -0.736. The van der Waals surface area contributed by atoms with Crippen molar-refractivity contribution < 1.29 is 28.9 Å². The van der Waals surface area contributed by atoms with Crippen LogP contribution < -0.4 is 9.47 Å². The van der Waals surface area contributed by atoms with Crippen LogP contribution in [0.4, 0.5) is 0 Å². The van der Waals surface area contributed by atoms with Crippen LogP contribution >= 0.6 is 0 Å². The molecule has 1 saturated heterocycles. The molecule has 1 unspecified atom stereocenters. The van der Waals surface area contributed by atoms with E-state index in [9.17, 15) is 14.7 Å². The largest absolute Gasteiger partial charge is 0.507 e. The van der Waals surface area contributed by atoms with E-state index in [0.29, 0.717) is 42.2 Å². The van der Waals surface area contributed by atoms with Crippen LogP contribution in [-0.4, -0.2) is 55.2 Å². The van der Waals surface area contributed by atoms with Crippen LogP contribution in [0.1, 0.15) is 43.0 Å². The molecular weight excluding hydrogens is 422 g/mol. The molecule has 1 heterocycles. The van der Waals surface area contributed by atoms with Gasteiger partial charge < -0.3 is 24.2 Å². The van der Waals surface area contributed by atoms with Crippen LogP contribution in [-0.2, 0) is 14.3 Å². The van der Waals surface area contributed by atoms with Crippen molar-refractivity contribution in [1.82, 2.24) is 4.90 Å². The zero-order valence-electron chi connectivity index (χ0n) is 19.8. The average molecular weight is 454 g/mol. The molecule has 0 radical (unpaired) electrons. The molecule has 0 saturated carbocycles. The van der Waals surface area contributed by atoms with Crippen molar-refractivity contribution in [3.63, 3.8) is 0 Å². The van der Waals surface area contributed by atoms with Crippen molar-refractivity contribution in [2.24, 2.45) is 0 Å². The molecule has 0 aliphatic carbocycles. The summed E-state index contributed by atoms with van der Waals surface area (Å²) in [5, 5.41) is 11.3. The van der Waals surface area contributed by atoms with Crippen molar-refractivity contribution in [2.75, 3.05) is 27.4 Å². The fraction of sp³-hybridized carbons (Fsp3) is 0.385. The zero-order valence-corrected chi connectivity index (χ0v) is 19.8. The number of ether oxygens (including phenoxy) is 3. The third-order valence-electron chi connectivity index (χ3n) is 5.47. The number of hydrogen-bond donors (Lipinski definition) is 1. The molecule has 7 heteroatoms. The van der Waals surface area contributed by atoms with Gasteiger partial charge in [-0.1, -0.05) is 23.8 Å². The van der Waals surface area contributed by atoms with Crippen LogP contribution in [0.2, 0.25) is 0 Å². The Morgan fingerprint density at radius 3 is 2.39 bits per heavy atom. The summed E-state index contributed by atoms with van der Waals surface area (Å²) in [7, 11) is 3.08. The van der Waals surface area contributed by atoms with Crippen molar-refractivity contribution in [1.29, 1.82) is 0 Å². The maximum atomic E-state index is 13.1. The molecule has 0 spiro atoms. The second-order valence-electron chi connectivity index (χ2n) is 8.28. The van der Waals surface area contributed by atoms with Gasteiger partial charge in [-0.15, -0.1) is 0 Å². The molecule has 0 aromatic heterocycles. The summed E-state index contributed by atoms with van der Waals surface area (Å²) in [6.07, 6.45) is 0.576. The second-order valence-corrected chi connectivity index (χ2v) is 8.28. The third-order valence-corrected chi connectivity index (χ3v) is 5.47. The number of aliphatic hydroxyl groups is 1. The number of carbonyl (C=O) groups is 2. The van der Waals surface area contributed by atoms with E-state index in [2.05, 4.69) is 0 Å². The smallest absolute Gasteiger partial charge is 0.295 e. The highest BCUT2D eigenvalue weighted by Crippen LogP contribution is 2.41. The molecule has 2 aromatic carbocycles.